The van der Waals surface area contributed by atoms with Crippen LogP contribution in [0.1, 0.15) is 51.7 Å². The van der Waals surface area contributed by atoms with E-state index in [1.807, 2.05) is 0 Å². The zero-order valence-corrected chi connectivity index (χ0v) is 26.5. The van der Waals surface area contributed by atoms with E-state index in [1.54, 1.807) is 33.1 Å². The average Bonchev–Trinajstić information content (AvgIpc) is 3.65. The Morgan fingerprint density at radius 3 is 2.57 bits per heavy atom. The Hall–Kier alpha value is -3.83. The van der Waals surface area contributed by atoms with E-state index in [0.717, 1.165) is 16.7 Å². The van der Waals surface area contributed by atoms with E-state index < -0.39 is 63.2 Å². The number of carbonyl (C=O) groups is 5. The summed E-state index contributed by atoms with van der Waals surface area (Å²) < 4.78 is 15.1. The molecule has 3 aliphatic heterocycles. The molecule has 0 N–H and O–H groups in total. The highest BCUT2D eigenvalue weighted by molar-refractivity contribution is 8.02. The molecule has 4 atom stereocenters. The zero-order valence-electron chi connectivity index (χ0n) is 24.8. The maximum atomic E-state index is 13.6. The van der Waals surface area contributed by atoms with E-state index >= 15 is 0 Å². The van der Waals surface area contributed by atoms with Crippen LogP contribution < -0.4 is 0 Å². The van der Waals surface area contributed by atoms with Gasteiger partial charge in [-0.1, -0.05) is 22.0 Å². The molecule has 0 spiro atoms. The Balaban J connectivity index is 1.55. The molecule has 1 unspecified atom stereocenters. The fourth-order valence-corrected chi connectivity index (χ4v) is 6.99. The molecular weight excluding hydrogens is 617 g/mol. The second-order valence-electron chi connectivity index (χ2n) is 11.7. The quantitative estimate of drug-likeness (QED) is 0.0498. The number of hydrogen-bond acceptors (Lipinski definition) is 14. The van der Waals surface area contributed by atoms with Gasteiger partial charge >= 0.3 is 26.1 Å². The van der Waals surface area contributed by atoms with Crippen molar-refractivity contribution in [2.24, 2.45) is 16.2 Å². The smallest absolute Gasteiger partial charge is 0.411 e. The lowest BCUT2D eigenvalue weighted by Gasteiger charge is -2.40. The summed E-state index contributed by atoms with van der Waals surface area (Å²) in [5.41, 5.74) is 6.26. The van der Waals surface area contributed by atoms with Gasteiger partial charge in [-0.3, -0.25) is 19.3 Å². The number of amides is 2. The second kappa shape index (κ2) is 12.3. The lowest BCUT2D eigenvalue weighted by molar-refractivity contribution is -0.179. The van der Waals surface area contributed by atoms with E-state index in [2.05, 4.69) is 24.8 Å². The molecule has 1 aromatic heterocycles. The van der Waals surface area contributed by atoms with Crippen LogP contribution in [-0.4, -0.2) is 105 Å². The number of Topliss-reactive ketones (excluding diaryl/α,β-unsaturated/α-hetero) is 1. The molecule has 44 heavy (non-hydrogen) atoms. The van der Waals surface area contributed by atoms with Crippen LogP contribution in [0.25, 0.3) is 10.4 Å². The van der Waals surface area contributed by atoms with E-state index in [9.17, 15) is 24.0 Å². The van der Waals surface area contributed by atoms with Gasteiger partial charge in [-0.2, -0.15) is 0 Å². The highest BCUT2D eigenvalue weighted by Gasteiger charge is 2.66. The summed E-state index contributed by atoms with van der Waals surface area (Å²) in [7, 11) is 5.22. The van der Waals surface area contributed by atoms with Gasteiger partial charge in [-0.15, -0.1) is 11.3 Å². The lowest BCUT2D eigenvalue weighted by Crippen LogP contribution is -2.59. The van der Waals surface area contributed by atoms with Crippen LogP contribution in [0, 0.1) is 12.8 Å². The summed E-state index contributed by atoms with van der Waals surface area (Å²) >= 11 is 2.20. The standard InChI is InChI=1S/C25H30BN7O9S2/c1-12-29-15(10-43-12)17(30-42-24(5,6)20(36)40-23(2,3)4)16(34)7-14-18(35)32-11-25(21(37)41-26,44-19(14)32)33-9-13(8-28-31-27)39-22(33)38/h10,13-14,19H,7-9,11H2,1-6H3/b30-17-/t13?,14-,19-,25+/m1/s1. The topological polar surface area (TPSA) is 203 Å². The van der Waals surface area contributed by atoms with Crippen LogP contribution in [0.5, 0.6) is 0 Å². The molecule has 4 heterocycles. The number of aromatic nitrogens is 1. The van der Waals surface area contributed by atoms with Crippen LogP contribution in [-0.2, 0) is 38.1 Å². The van der Waals surface area contributed by atoms with Crippen molar-refractivity contribution in [1.82, 2.24) is 14.8 Å². The van der Waals surface area contributed by atoms with Gasteiger partial charge in [0.2, 0.25) is 16.4 Å². The number of β-lactam (4-membered cyclic amide) rings is 1. The van der Waals surface area contributed by atoms with Gasteiger partial charge in [-0.05, 0) is 47.1 Å². The fraction of sp³-hybridized carbons (Fsp3) is 0.640. The van der Waals surface area contributed by atoms with E-state index in [4.69, 9.17) is 27.9 Å². The lowest BCUT2D eigenvalue weighted by atomic mass is 9.90. The van der Waals surface area contributed by atoms with Gasteiger partial charge in [0.1, 0.15) is 17.4 Å². The Labute approximate surface area is 261 Å². The molecule has 4 rings (SSSR count). The van der Waals surface area contributed by atoms with Gasteiger partial charge in [-0.25, -0.2) is 14.6 Å². The summed E-state index contributed by atoms with van der Waals surface area (Å²) in [5.74, 6) is -3.63. The maximum absolute atomic E-state index is 13.6. The predicted octanol–water partition coefficient (Wildman–Crippen LogP) is 2.24. The first-order valence-electron chi connectivity index (χ1n) is 13.4. The number of oxime groups is 1. The minimum Gasteiger partial charge on any atom is -0.541 e. The number of thiazole rings is 1. The highest BCUT2D eigenvalue weighted by Crippen LogP contribution is 2.53. The first kappa shape index (κ1) is 33.1. The van der Waals surface area contributed by atoms with Gasteiger partial charge in [0.05, 0.1) is 35.9 Å². The number of nitrogens with zero attached hydrogens (tertiary/aromatic N) is 7. The maximum Gasteiger partial charge on any atom is 0.411 e. The molecule has 0 aromatic carbocycles. The van der Waals surface area contributed by atoms with Crippen molar-refractivity contribution in [3.8, 4) is 0 Å². The van der Waals surface area contributed by atoms with Gasteiger partial charge in [0.15, 0.2) is 11.5 Å². The minimum atomic E-state index is -1.75. The Bertz CT molecular complexity index is 1460. The Morgan fingerprint density at radius 1 is 1.27 bits per heavy atom. The molecule has 1 aromatic rings. The largest absolute Gasteiger partial charge is 0.541 e. The molecular formula is C25H30BN7O9S2. The number of cyclic esters (lactones) is 1. The van der Waals surface area contributed by atoms with Crippen LogP contribution in [0.2, 0.25) is 0 Å². The molecule has 2 amide bonds. The number of thioether (sulfide) groups is 1. The first-order valence-corrected chi connectivity index (χ1v) is 15.1. The number of hydrogen-bond donors (Lipinski definition) is 0. The average molecular weight is 648 g/mol. The molecule has 19 heteroatoms. The number of fused-ring (bicyclic) bond motifs is 1. The summed E-state index contributed by atoms with van der Waals surface area (Å²) in [6.45, 7) is 9.19. The van der Waals surface area contributed by atoms with Crippen LogP contribution >= 0.6 is 23.1 Å². The first-order chi connectivity index (χ1) is 20.5. The molecule has 234 valence electrons. The van der Waals surface area contributed by atoms with E-state index in [1.165, 1.54) is 30.1 Å². The second-order valence-corrected chi connectivity index (χ2v) is 14.2. The third-order valence-electron chi connectivity index (χ3n) is 6.82. The third kappa shape index (κ3) is 6.49. The number of rotatable bonds is 11. The van der Waals surface area contributed by atoms with Crippen molar-refractivity contribution in [3.05, 3.63) is 26.5 Å². The number of carbonyl (C=O) groups excluding carboxylic acids is 5. The molecule has 0 aliphatic carbocycles. The number of aryl methyl sites for hydroxylation is 1. The van der Waals surface area contributed by atoms with Crippen molar-refractivity contribution in [2.75, 3.05) is 19.6 Å². The Morgan fingerprint density at radius 2 is 1.98 bits per heavy atom. The normalized spacial score (nSPS) is 25.0. The molecule has 2 radical (unpaired) electrons. The fourth-order valence-electron chi connectivity index (χ4n) is 4.68. The predicted molar refractivity (Wildman–Crippen MR) is 156 cm³/mol. The summed E-state index contributed by atoms with van der Waals surface area (Å²) in [4.78, 5) is 78.4. The zero-order chi connectivity index (χ0) is 32.6. The number of ketones is 1. The molecule has 0 saturated carbocycles. The molecule has 3 aliphatic rings. The van der Waals surface area contributed by atoms with Crippen molar-refractivity contribution >= 4 is 66.6 Å². The van der Waals surface area contributed by atoms with Crippen LogP contribution in [0.4, 0.5) is 4.79 Å². The van der Waals surface area contributed by atoms with Crippen molar-refractivity contribution in [1.29, 1.82) is 0 Å². The Kier molecular flexibility index (Phi) is 9.23. The molecule has 0 bridgehead atoms. The van der Waals surface area contributed by atoms with Gasteiger partial charge in [0.25, 0.3) is 0 Å². The number of azide groups is 1. The van der Waals surface area contributed by atoms with Crippen LogP contribution in [0.15, 0.2) is 15.7 Å². The molecule has 3 fully saturated rings. The number of esters is 1. The number of ether oxygens (including phenoxy) is 2. The monoisotopic (exact) mass is 647 g/mol. The summed E-state index contributed by atoms with van der Waals surface area (Å²) in [6.07, 6.45) is -2.04. The SMILES string of the molecule is [B]OC(=O)[C@]1(N2CC(CN=[N+]=[N-])OC2=O)CN2C(=O)[C@@H](CC(=O)/C(=N\OC(C)(C)C(=O)OC(C)(C)C)c3csc(C)n3)[C@H]2S1. The van der Waals surface area contributed by atoms with Crippen molar-refractivity contribution < 1.29 is 42.9 Å². The van der Waals surface area contributed by atoms with Crippen LogP contribution in [0.3, 0.4) is 0 Å². The minimum absolute atomic E-state index is 0.122. The third-order valence-corrected chi connectivity index (χ3v) is 9.33. The highest BCUT2D eigenvalue weighted by atomic mass is 32.2. The molecule has 16 nitrogen and oxygen atoms in total. The summed E-state index contributed by atoms with van der Waals surface area (Å²) in [6, 6.07) is 0. The summed E-state index contributed by atoms with van der Waals surface area (Å²) in [5, 5.41) is 8.96. The van der Waals surface area contributed by atoms with Crippen molar-refractivity contribution in [2.45, 2.75) is 75.5 Å². The van der Waals surface area contributed by atoms with Crippen molar-refractivity contribution in [3.63, 3.8) is 0 Å². The van der Waals surface area contributed by atoms with Gasteiger partial charge < -0.3 is 23.9 Å². The molecule has 3 saturated heterocycles. The van der Waals surface area contributed by atoms with Gasteiger partial charge in [0, 0.05) is 16.7 Å². The van der Waals surface area contributed by atoms with E-state index in [-0.39, 0.29) is 37.5 Å². The van der Waals surface area contributed by atoms with E-state index in [0.29, 0.717) is 5.01 Å².